The van der Waals surface area contributed by atoms with Gasteiger partial charge in [0, 0.05) is 35.9 Å². The first-order valence-electron chi connectivity index (χ1n) is 10.5. The minimum atomic E-state index is -0.328. The molecule has 0 amide bonds. The van der Waals surface area contributed by atoms with Crippen molar-refractivity contribution in [2.24, 2.45) is 0 Å². The first-order chi connectivity index (χ1) is 15.8. The molecule has 0 unspecified atom stereocenters. The number of aryl methyl sites for hydroxylation is 1. The molecule has 4 rings (SSSR count). The molecule has 3 aromatic heterocycles. The Kier molecular flexibility index (Phi) is 5.75. The molecular weight excluding hydrogens is 416 g/mol. The molecular formula is C24H24N8O. The summed E-state index contributed by atoms with van der Waals surface area (Å²) >= 11 is 0. The van der Waals surface area contributed by atoms with Gasteiger partial charge in [-0.3, -0.25) is 4.79 Å². The van der Waals surface area contributed by atoms with Crippen LogP contribution in [0.25, 0.3) is 26.7 Å². The molecule has 0 saturated heterocycles. The van der Waals surface area contributed by atoms with Crippen LogP contribution in [-0.4, -0.2) is 24.5 Å². The summed E-state index contributed by atoms with van der Waals surface area (Å²) in [4.78, 5) is 33.9. The molecule has 4 aromatic rings. The van der Waals surface area contributed by atoms with Crippen molar-refractivity contribution in [2.45, 2.75) is 39.8 Å². The first kappa shape index (κ1) is 21.9. The second kappa shape index (κ2) is 8.67. The van der Waals surface area contributed by atoms with Gasteiger partial charge in [-0.05, 0) is 44.7 Å². The molecule has 9 heteroatoms. The molecule has 0 aliphatic heterocycles. The van der Waals surface area contributed by atoms with Crippen LogP contribution >= 0.6 is 0 Å². The standard InChI is InChI=1S/C24H24N8O/c1-13(2)32-20(14(3)30-22-19(26-5)12-29-24(25)31-22)9-16-7-6-8-18(21(16)23(32)33)17-10-27-15(4)28-11-17/h6-14H,1-4H3,(H3,25,29,30,31)/t14-/m0/s1. The van der Waals surface area contributed by atoms with Crippen LogP contribution in [0.2, 0.25) is 0 Å². The number of aromatic nitrogens is 5. The van der Waals surface area contributed by atoms with Crippen LogP contribution in [-0.2, 0) is 0 Å². The predicted molar refractivity (Wildman–Crippen MR) is 129 cm³/mol. The van der Waals surface area contributed by atoms with Gasteiger partial charge in [0.15, 0.2) is 0 Å². The van der Waals surface area contributed by atoms with E-state index >= 15 is 0 Å². The van der Waals surface area contributed by atoms with Crippen LogP contribution in [0.3, 0.4) is 0 Å². The van der Waals surface area contributed by atoms with Gasteiger partial charge in [-0.25, -0.2) is 24.8 Å². The number of pyridine rings is 1. The summed E-state index contributed by atoms with van der Waals surface area (Å²) in [7, 11) is 0. The van der Waals surface area contributed by atoms with Crippen LogP contribution < -0.4 is 16.6 Å². The lowest BCUT2D eigenvalue weighted by molar-refractivity contribution is 0.541. The zero-order valence-corrected chi connectivity index (χ0v) is 18.9. The van der Waals surface area contributed by atoms with Crippen molar-refractivity contribution in [3.63, 3.8) is 0 Å². The van der Waals surface area contributed by atoms with Crippen molar-refractivity contribution in [1.82, 2.24) is 24.5 Å². The van der Waals surface area contributed by atoms with E-state index in [1.807, 2.05) is 52.0 Å². The van der Waals surface area contributed by atoms with E-state index < -0.39 is 0 Å². The lowest BCUT2D eigenvalue weighted by Crippen LogP contribution is -2.28. The van der Waals surface area contributed by atoms with Crippen molar-refractivity contribution in [3.8, 4) is 11.1 Å². The average molecular weight is 441 g/mol. The molecule has 3 N–H and O–H groups in total. The molecule has 3 heterocycles. The zero-order chi connectivity index (χ0) is 23.7. The third-order valence-corrected chi connectivity index (χ3v) is 5.42. The summed E-state index contributed by atoms with van der Waals surface area (Å²) < 4.78 is 1.76. The average Bonchev–Trinajstić information content (AvgIpc) is 2.79. The number of rotatable bonds is 5. The van der Waals surface area contributed by atoms with Crippen molar-refractivity contribution in [1.29, 1.82) is 0 Å². The van der Waals surface area contributed by atoms with E-state index in [2.05, 4.69) is 30.1 Å². The lowest BCUT2D eigenvalue weighted by Gasteiger charge is -2.24. The van der Waals surface area contributed by atoms with Crippen LogP contribution in [0.1, 0.15) is 44.4 Å². The molecule has 0 aliphatic rings. The summed E-state index contributed by atoms with van der Waals surface area (Å²) in [5, 5.41) is 4.66. The highest BCUT2D eigenvalue weighted by Gasteiger charge is 2.20. The number of nitrogens with two attached hydrogens (primary N) is 1. The molecule has 0 spiro atoms. The van der Waals surface area contributed by atoms with Gasteiger partial charge < -0.3 is 15.6 Å². The van der Waals surface area contributed by atoms with Crippen molar-refractivity contribution in [3.05, 3.63) is 76.1 Å². The van der Waals surface area contributed by atoms with E-state index in [1.54, 1.807) is 17.0 Å². The second-order valence-electron chi connectivity index (χ2n) is 8.07. The molecule has 1 aromatic carbocycles. The topological polar surface area (TPSA) is 116 Å². The fourth-order valence-electron chi connectivity index (χ4n) is 3.89. The highest BCUT2D eigenvalue weighted by molar-refractivity contribution is 5.96. The minimum absolute atomic E-state index is 0.0711. The van der Waals surface area contributed by atoms with Crippen molar-refractivity contribution in [2.75, 3.05) is 11.1 Å². The van der Waals surface area contributed by atoms with Gasteiger partial charge in [-0.15, -0.1) is 0 Å². The van der Waals surface area contributed by atoms with Gasteiger partial charge in [-0.1, -0.05) is 18.2 Å². The van der Waals surface area contributed by atoms with Gasteiger partial charge >= 0.3 is 0 Å². The SMILES string of the molecule is [C-]#[N+]c1cnc(N)nc1N[C@@H](C)c1cc2cccc(-c3cnc(C)nc3)c2c(=O)n1C(C)C. The molecule has 1 atom stereocenters. The fourth-order valence-corrected chi connectivity index (χ4v) is 3.89. The maximum Gasteiger partial charge on any atom is 0.259 e. The summed E-state index contributed by atoms with van der Waals surface area (Å²) in [5.41, 5.74) is 8.23. The number of fused-ring (bicyclic) bond motifs is 1. The Morgan fingerprint density at radius 2 is 1.85 bits per heavy atom. The maximum atomic E-state index is 13.8. The Morgan fingerprint density at radius 1 is 1.12 bits per heavy atom. The highest BCUT2D eigenvalue weighted by atomic mass is 16.1. The van der Waals surface area contributed by atoms with E-state index in [0.717, 1.165) is 22.2 Å². The number of nitrogen functional groups attached to an aromatic ring is 1. The molecule has 0 radical (unpaired) electrons. The summed E-state index contributed by atoms with van der Waals surface area (Å²) in [5.74, 6) is 1.07. The highest BCUT2D eigenvalue weighted by Crippen LogP contribution is 2.31. The second-order valence-corrected chi connectivity index (χ2v) is 8.07. The summed E-state index contributed by atoms with van der Waals surface area (Å²) in [6.07, 6.45) is 4.86. The third-order valence-electron chi connectivity index (χ3n) is 5.42. The Labute approximate surface area is 191 Å². The Hall–Kier alpha value is -4.32. The molecule has 0 bridgehead atoms. The van der Waals surface area contributed by atoms with Crippen LogP contribution in [0.15, 0.2) is 47.7 Å². The van der Waals surface area contributed by atoms with Gasteiger partial charge in [0.05, 0.1) is 18.0 Å². The summed E-state index contributed by atoms with van der Waals surface area (Å²) in [6.45, 7) is 15.1. The van der Waals surface area contributed by atoms with Gasteiger partial charge in [0.1, 0.15) is 11.6 Å². The Morgan fingerprint density at radius 3 is 2.52 bits per heavy atom. The predicted octanol–water partition coefficient (Wildman–Crippen LogP) is 4.44. The smallest absolute Gasteiger partial charge is 0.259 e. The molecule has 0 fully saturated rings. The molecule has 0 saturated carbocycles. The maximum absolute atomic E-state index is 13.8. The van der Waals surface area contributed by atoms with Gasteiger partial charge in [-0.2, -0.15) is 0 Å². The van der Waals surface area contributed by atoms with E-state index in [0.29, 0.717) is 17.0 Å². The zero-order valence-electron chi connectivity index (χ0n) is 18.9. The number of benzene rings is 1. The van der Waals surface area contributed by atoms with Crippen molar-refractivity contribution >= 4 is 28.2 Å². The molecule has 166 valence electrons. The lowest BCUT2D eigenvalue weighted by atomic mass is 9.99. The first-order valence-corrected chi connectivity index (χ1v) is 10.5. The molecule has 33 heavy (non-hydrogen) atoms. The minimum Gasteiger partial charge on any atom is -0.371 e. The van der Waals surface area contributed by atoms with E-state index in [1.165, 1.54) is 6.20 Å². The number of hydrogen-bond acceptors (Lipinski definition) is 7. The Bertz CT molecular complexity index is 1430. The van der Waals surface area contributed by atoms with Gasteiger partial charge in [0.2, 0.25) is 11.6 Å². The third kappa shape index (κ3) is 4.11. The molecule has 0 aliphatic carbocycles. The quantitative estimate of drug-likeness (QED) is 0.441. The van der Waals surface area contributed by atoms with Gasteiger partial charge in [0.25, 0.3) is 5.56 Å². The monoisotopic (exact) mass is 440 g/mol. The van der Waals surface area contributed by atoms with E-state index in [9.17, 15) is 4.79 Å². The van der Waals surface area contributed by atoms with Crippen LogP contribution in [0, 0.1) is 13.5 Å². The van der Waals surface area contributed by atoms with E-state index in [-0.39, 0.29) is 29.3 Å². The van der Waals surface area contributed by atoms with Crippen molar-refractivity contribution < 1.29 is 0 Å². The fraction of sp³-hybridized carbons (Fsp3) is 0.250. The number of nitrogens with zero attached hydrogens (tertiary/aromatic N) is 6. The number of hydrogen-bond donors (Lipinski definition) is 2. The Balaban J connectivity index is 1.89. The molecule has 9 nitrogen and oxygen atoms in total. The summed E-state index contributed by atoms with van der Waals surface area (Å²) in [6, 6.07) is 7.32. The largest absolute Gasteiger partial charge is 0.371 e. The van der Waals surface area contributed by atoms with Crippen LogP contribution in [0.5, 0.6) is 0 Å². The normalized spacial score (nSPS) is 12.0. The number of anilines is 2. The number of nitrogens with one attached hydrogen (secondary N) is 1. The van der Waals surface area contributed by atoms with Crippen LogP contribution in [0.4, 0.5) is 17.5 Å². The van der Waals surface area contributed by atoms with E-state index in [4.69, 9.17) is 12.3 Å².